The van der Waals surface area contributed by atoms with Gasteiger partial charge in [0.25, 0.3) is 0 Å². The van der Waals surface area contributed by atoms with Crippen LogP contribution in [0.1, 0.15) is 5.56 Å². The van der Waals surface area contributed by atoms with Gasteiger partial charge in [0.2, 0.25) is 11.8 Å². The summed E-state index contributed by atoms with van der Waals surface area (Å²) in [7, 11) is 0. The smallest absolute Gasteiger partial charge is 0.231 e. The number of thioether (sulfide) groups is 1. The maximum atomic E-state index is 5.45. The summed E-state index contributed by atoms with van der Waals surface area (Å²) in [6, 6.07) is 14.3. The summed E-state index contributed by atoms with van der Waals surface area (Å²) in [5.74, 6) is 2.39. The van der Waals surface area contributed by atoms with Crippen LogP contribution >= 0.6 is 39.0 Å². The second kappa shape index (κ2) is 6.61. The van der Waals surface area contributed by atoms with Gasteiger partial charge in [0.15, 0.2) is 16.7 Å². The van der Waals surface area contributed by atoms with E-state index in [1.165, 1.54) is 0 Å². The zero-order valence-corrected chi connectivity index (χ0v) is 16.6. The van der Waals surface area contributed by atoms with E-state index in [1.807, 2.05) is 24.3 Å². The summed E-state index contributed by atoms with van der Waals surface area (Å²) in [5, 5.41) is 11.7. The third-order valence-electron chi connectivity index (χ3n) is 4.05. The highest BCUT2D eigenvalue weighted by atomic mass is 79.9. The van der Waals surface area contributed by atoms with Crippen molar-refractivity contribution in [3.63, 3.8) is 0 Å². The molecule has 2 aromatic heterocycles. The van der Waals surface area contributed by atoms with Crippen LogP contribution in [-0.2, 0) is 5.75 Å². The lowest BCUT2D eigenvalue weighted by Crippen LogP contribution is -1.93. The van der Waals surface area contributed by atoms with Crippen molar-refractivity contribution in [3.05, 3.63) is 57.9 Å². The molecule has 0 spiro atoms. The molecule has 8 heteroatoms. The molecule has 0 saturated heterocycles. The number of fused-ring (bicyclic) bond motifs is 2. The van der Waals surface area contributed by atoms with E-state index in [2.05, 4.69) is 54.1 Å². The maximum Gasteiger partial charge on any atom is 0.231 e. The standard InChI is InChI=1S/C18H12BrN3O2S2/c19-13-3-1-2-12(7-13)14-9-26-18-21-20-17(22(14)18)25-8-11-4-5-15-16(6-11)24-10-23-15/h1-7,9H,8,10H2. The minimum Gasteiger partial charge on any atom is -0.454 e. The van der Waals surface area contributed by atoms with Crippen LogP contribution in [0, 0.1) is 0 Å². The molecule has 1 aliphatic heterocycles. The number of aromatic nitrogens is 3. The normalized spacial score (nSPS) is 12.8. The average molecular weight is 446 g/mol. The molecular formula is C18H12BrN3O2S2. The van der Waals surface area contributed by atoms with Crippen LogP contribution in [0.2, 0.25) is 0 Å². The van der Waals surface area contributed by atoms with Gasteiger partial charge in [0.05, 0.1) is 5.69 Å². The van der Waals surface area contributed by atoms with Gasteiger partial charge in [-0.1, -0.05) is 45.9 Å². The molecule has 0 atom stereocenters. The fraction of sp³-hybridized carbons (Fsp3) is 0.111. The number of benzene rings is 2. The molecule has 4 aromatic rings. The Kier molecular flexibility index (Phi) is 4.11. The molecule has 5 rings (SSSR count). The van der Waals surface area contributed by atoms with Crippen molar-refractivity contribution < 1.29 is 9.47 Å². The molecule has 3 heterocycles. The van der Waals surface area contributed by atoms with E-state index in [1.54, 1.807) is 23.1 Å². The fourth-order valence-electron chi connectivity index (χ4n) is 2.82. The lowest BCUT2D eigenvalue weighted by Gasteiger charge is -2.05. The van der Waals surface area contributed by atoms with Crippen molar-refractivity contribution in [2.75, 3.05) is 6.79 Å². The first-order chi connectivity index (χ1) is 12.8. The van der Waals surface area contributed by atoms with Crippen molar-refractivity contribution in [2.24, 2.45) is 0 Å². The zero-order chi connectivity index (χ0) is 17.5. The number of rotatable bonds is 4. The molecule has 130 valence electrons. The quantitative estimate of drug-likeness (QED) is 0.401. The predicted molar refractivity (Wildman–Crippen MR) is 106 cm³/mol. The summed E-state index contributed by atoms with van der Waals surface area (Å²) >= 11 is 6.80. The van der Waals surface area contributed by atoms with Gasteiger partial charge in [-0.15, -0.1) is 21.5 Å². The number of hydrogen-bond donors (Lipinski definition) is 0. The molecule has 1 aliphatic rings. The molecule has 2 aromatic carbocycles. The number of halogens is 1. The van der Waals surface area contributed by atoms with Gasteiger partial charge >= 0.3 is 0 Å². The summed E-state index contributed by atoms with van der Waals surface area (Å²) in [4.78, 5) is 0.896. The van der Waals surface area contributed by atoms with Crippen molar-refractivity contribution in [1.29, 1.82) is 0 Å². The molecular weight excluding hydrogens is 434 g/mol. The van der Waals surface area contributed by atoms with Crippen LogP contribution in [0.5, 0.6) is 11.5 Å². The first-order valence-corrected chi connectivity index (χ1v) is 10.5. The number of hydrogen-bond acceptors (Lipinski definition) is 6. The van der Waals surface area contributed by atoms with Gasteiger partial charge in [-0.25, -0.2) is 0 Å². The van der Waals surface area contributed by atoms with Gasteiger partial charge in [-0.2, -0.15) is 0 Å². The molecule has 0 unspecified atom stereocenters. The van der Waals surface area contributed by atoms with Crippen molar-refractivity contribution >= 4 is 44.0 Å². The molecule has 0 bridgehead atoms. The summed E-state index contributed by atoms with van der Waals surface area (Å²) < 4.78 is 14.0. The highest BCUT2D eigenvalue weighted by Gasteiger charge is 2.16. The van der Waals surface area contributed by atoms with E-state index in [-0.39, 0.29) is 0 Å². The van der Waals surface area contributed by atoms with Crippen molar-refractivity contribution in [1.82, 2.24) is 14.6 Å². The van der Waals surface area contributed by atoms with Crippen LogP contribution < -0.4 is 9.47 Å². The summed E-state index contributed by atoms with van der Waals surface area (Å²) in [6.07, 6.45) is 0. The molecule has 26 heavy (non-hydrogen) atoms. The fourth-order valence-corrected chi connectivity index (χ4v) is 5.00. The lowest BCUT2D eigenvalue weighted by atomic mass is 10.2. The molecule has 0 fully saturated rings. The Morgan fingerprint density at radius 1 is 1.12 bits per heavy atom. The highest BCUT2D eigenvalue weighted by Crippen LogP contribution is 2.35. The average Bonchev–Trinajstić information content (AvgIpc) is 3.36. The second-order valence-electron chi connectivity index (χ2n) is 5.71. The Balaban J connectivity index is 1.45. The van der Waals surface area contributed by atoms with Gasteiger partial charge in [-0.3, -0.25) is 4.40 Å². The molecule has 0 saturated carbocycles. The Bertz CT molecular complexity index is 1110. The number of nitrogens with zero attached hydrogens (tertiary/aromatic N) is 3. The number of ether oxygens (including phenoxy) is 2. The van der Waals surface area contributed by atoms with E-state index < -0.39 is 0 Å². The Morgan fingerprint density at radius 2 is 2.04 bits per heavy atom. The first-order valence-electron chi connectivity index (χ1n) is 7.88. The molecule has 0 radical (unpaired) electrons. The zero-order valence-electron chi connectivity index (χ0n) is 13.4. The van der Waals surface area contributed by atoms with Crippen LogP contribution in [-0.4, -0.2) is 21.4 Å². The molecule has 0 N–H and O–H groups in total. The Labute approximate surface area is 166 Å². The third kappa shape index (κ3) is 2.87. The van der Waals surface area contributed by atoms with E-state index in [0.717, 1.165) is 48.7 Å². The molecule has 0 aliphatic carbocycles. The topological polar surface area (TPSA) is 48.7 Å². The van der Waals surface area contributed by atoms with Crippen LogP contribution in [0.15, 0.2) is 57.5 Å². The van der Waals surface area contributed by atoms with Gasteiger partial charge in [0.1, 0.15) is 0 Å². The van der Waals surface area contributed by atoms with E-state index >= 15 is 0 Å². The van der Waals surface area contributed by atoms with Gasteiger partial charge < -0.3 is 9.47 Å². The first kappa shape index (κ1) is 16.2. The van der Waals surface area contributed by atoms with Crippen molar-refractivity contribution in [3.8, 4) is 22.8 Å². The van der Waals surface area contributed by atoms with Gasteiger partial charge in [0, 0.05) is 21.2 Å². The number of thiazole rings is 1. The van der Waals surface area contributed by atoms with Crippen LogP contribution in [0.4, 0.5) is 0 Å². The van der Waals surface area contributed by atoms with Crippen LogP contribution in [0.3, 0.4) is 0 Å². The van der Waals surface area contributed by atoms with Crippen LogP contribution in [0.25, 0.3) is 16.2 Å². The monoisotopic (exact) mass is 445 g/mol. The van der Waals surface area contributed by atoms with Gasteiger partial charge in [-0.05, 0) is 29.8 Å². The van der Waals surface area contributed by atoms with E-state index in [4.69, 9.17) is 9.47 Å². The summed E-state index contributed by atoms with van der Waals surface area (Å²) in [6.45, 7) is 0.293. The SMILES string of the molecule is Brc1cccc(-c2csc3nnc(SCc4ccc5c(c4)OCO5)n23)c1. The molecule has 0 amide bonds. The Morgan fingerprint density at radius 3 is 2.96 bits per heavy atom. The maximum absolute atomic E-state index is 5.45. The minimum absolute atomic E-state index is 0.293. The minimum atomic E-state index is 0.293. The van der Waals surface area contributed by atoms with E-state index in [0.29, 0.717) is 6.79 Å². The van der Waals surface area contributed by atoms with E-state index in [9.17, 15) is 0 Å². The van der Waals surface area contributed by atoms with Crippen molar-refractivity contribution in [2.45, 2.75) is 10.9 Å². The predicted octanol–water partition coefficient (Wildman–Crippen LogP) is 5.24. The third-order valence-corrected chi connectivity index (χ3v) is 6.36. The lowest BCUT2D eigenvalue weighted by molar-refractivity contribution is 0.174. The largest absolute Gasteiger partial charge is 0.454 e. The summed E-state index contributed by atoms with van der Waals surface area (Å²) in [5.41, 5.74) is 3.40. The second-order valence-corrected chi connectivity index (χ2v) is 8.40. The Hall–Kier alpha value is -2.03. The highest BCUT2D eigenvalue weighted by molar-refractivity contribution is 9.10. The molecule has 5 nitrogen and oxygen atoms in total.